The largest absolute Gasteiger partial charge is 0.479 e. The van der Waals surface area contributed by atoms with Crippen LogP contribution in [-0.4, -0.2) is 12.0 Å². The smallest absolute Gasteiger partial charge is 0.265 e. The first-order valence-electron chi connectivity index (χ1n) is 7.37. The van der Waals surface area contributed by atoms with Gasteiger partial charge in [0.1, 0.15) is 5.75 Å². The van der Waals surface area contributed by atoms with E-state index in [0.717, 1.165) is 11.3 Å². The van der Waals surface area contributed by atoms with E-state index in [-0.39, 0.29) is 11.8 Å². The van der Waals surface area contributed by atoms with E-state index in [0.29, 0.717) is 15.8 Å². The normalized spacial score (nSPS) is 12.1. The SMILES string of the molecule is Cc1c(Cl)ccc(OC(C(=O)Nc2ccccc2)C(C)C)c1Cl. The predicted molar refractivity (Wildman–Crippen MR) is 95.5 cm³/mol. The molecular formula is C18H19Cl2NO2. The van der Waals surface area contributed by atoms with Crippen LogP contribution in [0.4, 0.5) is 5.69 Å². The van der Waals surface area contributed by atoms with Gasteiger partial charge < -0.3 is 10.1 Å². The second-order valence-corrected chi connectivity index (χ2v) is 6.41. The molecule has 2 rings (SSSR count). The summed E-state index contributed by atoms with van der Waals surface area (Å²) in [6, 6.07) is 12.7. The van der Waals surface area contributed by atoms with Crippen LogP contribution in [0.15, 0.2) is 42.5 Å². The Kier molecular flexibility index (Phi) is 5.91. The van der Waals surface area contributed by atoms with Crippen LogP contribution >= 0.6 is 23.2 Å². The molecule has 1 atom stereocenters. The van der Waals surface area contributed by atoms with Gasteiger partial charge in [0.25, 0.3) is 5.91 Å². The van der Waals surface area contributed by atoms with E-state index in [9.17, 15) is 4.79 Å². The molecule has 5 heteroatoms. The Bertz CT molecular complexity index is 687. The van der Waals surface area contributed by atoms with Gasteiger partial charge in [-0.25, -0.2) is 0 Å². The maximum atomic E-state index is 12.5. The quantitative estimate of drug-likeness (QED) is 0.788. The second-order valence-electron chi connectivity index (χ2n) is 5.62. The van der Waals surface area contributed by atoms with E-state index in [1.165, 1.54) is 0 Å². The van der Waals surface area contributed by atoms with Gasteiger partial charge in [0.15, 0.2) is 6.10 Å². The highest BCUT2D eigenvalue weighted by Gasteiger charge is 2.25. The number of halogens is 2. The van der Waals surface area contributed by atoms with Crippen LogP contribution in [0.5, 0.6) is 5.75 Å². The fourth-order valence-corrected chi connectivity index (χ4v) is 2.51. The van der Waals surface area contributed by atoms with Crippen molar-refractivity contribution < 1.29 is 9.53 Å². The Hall–Kier alpha value is -1.71. The van der Waals surface area contributed by atoms with E-state index in [1.807, 2.05) is 51.1 Å². The number of carbonyl (C=O) groups is 1. The summed E-state index contributed by atoms with van der Waals surface area (Å²) >= 11 is 12.3. The van der Waals surface area contributed by atoms with Crippen LogP contribution in [0.25, 0.3) is 0 Å². The van der Waals surface area contributed by atoms with Gasteiger partial charge in [-0.3, -0.25) is 4.79 Å². The third-order valence-electron chi connectivity index (χ3n) is 3.44. The summed E-state index contributed by atoms with van der Waals surface area (Å²) in [5, 5.41) is 3.85. The van der Waals surface area contributed by atoms with E-state index in [2.05, 4.69) is 5.32 Å². The Morgan fingerprint density at radius 2 is 1.74 bits per heavy atom. The average Bonchev–Trinajstić information content (AvgIpc) is 2.52. The summed E-state index contributed by atoms with van der Waals surface area (Å²) in [7, 11) is 0. The number of ether oxygens (including phenoxy) is 1. The highest BCUT2D eigenvalue weighted by Crippen LogP contribution is 2.34. The number of hydrogen-bond acceptors (Lipinski definition) is 2. The van der Waals surface area contributed by atoms with Crippen LogP contribution in [0.3, 0.4) is 0 Å². The maximum Gasteiger partial charge on any atom is 0.265 e. The molecule has 0 saturated carbocycles. The summed E-state index contributed by atoms with van der Waals surface area (Å²) in [6.07, 6.45) is -0.659. The number of nitrogens with one attached hydrogen (secondary N) is 1. The van der Waals surface area contributed by atoms with Gasteiger partial charge in [-0.2, -0.15) is 0 Å². The minimum absolute atomic E-state index is 0.0224. The molecule has 122 valence electrons. The van der Waals surface area contributed by atoms with E-state index in [1.54, 1.807) is 12.1 Å². The number of amides is 1. The standard InChI is InChI=1S/C18H19Cl2NO2/c1-11(2)17(18(22)21-13-7-5-4-6-8-13)23-15-10-9-14(19)12(3)16(15)20/h4-11,17H,1-3H3,(H,21,22). The molecule has 0 heterocycles. The first kappa shape index (κ1) is 17.6. The third kappa shape index (κ3) is 4.40. The van der Waals surface area contributed by atoms with Crippen LogP contribution < -0.4 is 10.1 Å². The lowest BCUT2D eigenvalue weighted by molar-refractivity contribution is -0.124. The van der Waals surface area contributed by atoms with E-state index < -0.39 is 6.10 Å². The molecule has 2 aromatic carbocycles. The number of hydrogen-bond donors (Lipinski definition) is 1. The number of rotatable bonds is 5. The van der Waals surface area contributed by atoms with Crippen molar-refractivity contribution in [1.29, 1.82) is 0 Å². The van der Waals surface area contributed by atoms with Gasteiger partial charge in [-0.1, -0.05) is 55.2 Å². The number of benzene rings is 2. The van der Waals surface area contributed by atoms with Gasteiger partial charge >= 0.3 is 0 Å². The molecule has 0 radical (unpaired) electrons. The molecule has 0 aliphatic heterocycles. The first-order valence-corrected chi connectivity index (χ1v) is 8.13. The molecule has 0 bridgehead atoms. The minimum Gasteiger partial charge on any atom is -0.479 e. The molecule has 0 spiro atoms. The molecule has 1 amide bonds. The molecule has 0 aromatic heterocycles. The summed E-state index contributed by atoms with van der Waals surface area (Å²) < 4.78 is 5.87. The van der Waals surface area contributed by atoms with E-state index >= 15 is 0 Å². The average molecular weight is 352 g/mol. The Morgan fingerprint density at radius 1 is 1.09 bits per heavy atom. The molecule has 1 unspecified atom stereocenters. The maximum absolute atomic E-state index is 12.5. The fourth-order valence-electron chi connectivity index (χ4n) is 2.09. The van der Waals surface area contributed by atoms with Crippen LogP contribution in [0.1, 0.15) is 19.4 Å². The van der Waals surface area contributed by atoms with Crippen molar-refractivity contribution in [3.63, 3.8) is 0 Å². The highest BCUT2D eigenvalue weighted by molar-refractivity contribution is 6.36. The topological polar surface area (TPSA) is 38.3 Å². The van der Waals surface area contributed by atoms with Crippen LogP contribution in [-0.2, 0) is 4.79 Å². The summed E-state index contributed by atoms with van der Waals surface area (Å²) in [5.74, 6) is 0.219. The van der Waals surface area contributed by atoms with Crippen molar-refractivity contribution in [3.8, 4) is 5.75 Å². The van der Waals surface area contributed by atoms with Crippen molar-refractivity contribution in [2.75, 3.05) is 5.32 Å². The van der Waals surface area contributed by atoms with Crippen molar-refractivity contribution in [2.45, 2.75) is 26.9 Å². The van der Waals surface area contributed by atoms with Gasteiger partial charge in [-0.05, 0) is 42.7 Å². The lowest BCUT2D eigenvalue weighted by Gasteiger charge is -2.23. The van der Waals surface area contributed by atoms with Crippen molar-refractivity contribution in [2.24, 2.45) is 5.92 Å². The van der Waals surface area contributed by atoms with Crippen LogP contribution in [0.2, 0.25) is 10.0 Å². The molecule has 23 heavy (non-hydrogen) atoms. The molecule has 2 aromatic rings. The molecule has 0 saturated heterocycles. The Morgan fingerprint density at radius 3 is 2.35 bits per heavy atom. The summed E-state index contributed by atoms with van der Waals surface area (Å²) in [5.41, 5.74) is 1.46. The monoisotopic (exact) mass is 351 g/mol. The fraction of sp³-hybridized carbons (Fsp3) is 0.278. The van der Waals surface area contributed by atoms with Gasteiger partial charge in [0, 0.05) is 10.7 Å². The molecule has 0 fully saturated rings. The van der Waals surface area contributed by atoms with Crippen molar-refractivity contribution in [3.05, 3.63) is 58.1 Å². The third-order valence-corrected chi connectivity index (χ3v) is 4.32. The first-order chi connectivity index (χ1) is 10.9. The second kappa shape index (κ2) is 7.71. The number of para-hydroxylation sites is 1. The zero-order chi connectivity index (χ0) is 17.0. The molecule has 1 N–H and O–H groups in total. The van der Waals surface area contributed by atoms with Gasteiger partial charge in [0.2, 0.25) is 0 Å². The van der Waals surface area contributed by atoms with Gasteiger partial charge in [0.05, 0.1) is 5.02 Å². The lowest BCUT2D eigenvalue weighted by atomic mass is 10.1. The molecule has 3 nitrogen and oxygen atoms in total. The molecular weight excluding hydrogens is 333 g/mol. The Labute approximate surface area is 146 Å². The highest BCUT2D eigenvalue weighted by atomic mass is 35.5. The van der Waals surface area contributed by atoms with Crippen LogP contribution in [0, 0.1) is 12.8 Å². The molecule has 0 aliphatic carbocycles. The van der Waals surface area contributed by atoms with E-state index in [4.69, 9.17) is 27.9 Å². The molecule has 0 aliphatic rings. The van der Waals surface area contributed by atoms with Gasteiger partial charge in [-0.15, -0.1) is 0 Å². The lowest BCUT2D eigenvalue weighted by Crippen LogP contribution is -2.37. The zero-order valence-corrected chi connectivity index (χ0v) is 14.8. The van der Waals surface area contributed by atoms with Crippen molar-refractivity contribution in [1.82, 2.24) is 0 Å². The minimum atomic E-state index is -0.659. The van der Waals surface area contributed by atoms with Crippen molar-refractivity contribution >= 4 is 34.8 Å². The summed E-state index contributed by atoms with van der Waals surface area (Å²) in [6.45, 7) is 5.66. The summed E-state index contributed by atoms with van der Waals surface area (Å²) in [4.78, 5) is 12.5. The number of anilines is 1. The predicted octanol–water partition coefficient (Wildman–Crippen LogP) is 5.34. The zero-order valence-electron chi connectivity index (χ0n) is 13.3. The number of carbonyl (C=O) groups excluding carboxylic acids is 1. The Balaban J connectivity index is 2.19.